The maximum Gasteiger partial charge on any atom is 0.338 e. The third-order valence-electron chi connectivity index (χ3n) is 6.28. The molecule has 2 aromatic carbocycles. The molecule has 0 atom stereocenters. The molecule has 194 valence electrons. The summed E-state index contributed by atoms with van der Waals surface area (Å²) in [5.41, 5.74) is 2.85. The van der Waals surface area contributed by atoms with Gasteiger partial charge in [0.2, 0.25) is 0 Å². The zero-order valence-electron chi connectivity index (χ0n) is 21.6. The predicted octanol–water partition coefficient (Wildman–Crippen LogP) is 4.62. The van der Waals surface area contributed by atoms with Gasteiger partial charge in [-0.1, -0.05) is 29.4 Å². The quantitative estimate of drug-likeness (QED) is 0.178. The average molecular weight is 513 g/mol. The number of oxime groups is 1. The lowest BCUT2D eigenvalue weighted by Crippen LogP contribution is -2.54. The summed E-state index contributed by atoms with van der Waals surface area (Å²) < 4.78 is 10.5. The van der Waals surface area contributed by atoms with Crippen LogP contribution in [-0.4, -0.2) is 73.7 Å². The van der Waals surface area contributed by atoms with Crippen molar-refractivity contribution in [2.24, 2.45) is 5.16 Å². The Bertz CT molecular complexity index is 1030. The summed E-state index contributed by atoms with van der Waals surface area (Å²) in [5.74, 6) is -0.375. The van der Waals surface area contributed by atoms with E-state index >= 15 is 0 Å². The molecule has 0 bridgehead atoms. The molecular formula is C28H36N2O5S. The summed E-state index contributed by atoms with van der Waals surface area (Å²) >= 11 is 1.69. The van der Waals surface area contributed by atoms with Crippen molar-refractivity contribution in [1.82, 2.24) is 4.90 Å². The molecule has 0 saturated carbocycles. The number of thioether (sulfide) groups is 1. The molecule has 1 saturated heterocycles. The SMILES string of the molecule is CCOC(=O)c1ccc(CCC(=O)CO/N=C(/c2ccc(SC)cc2)C(C)(C)N2CCOCC2)cc1. The van der Waals surface area contributed by atoms with Crippen LogP contribution in [0.25, 0.3) is 0 Å². The van der Waals surface area contributed by atoms with Gasteiger partial charge in [-0.15, -0.1) is 11.8 Å². The van der Waals surface area contributed by atoms with Crippen LogP contribution >= 0.6 is 11.8 Å². The monoisotopic (exact) mass is 512 g/mol. The van der Waals surface area contributed by atoms with Crippen LogP contribution in [0, 0.1) is 0 Å². The van der Waals surface area contributed by atoms with Gasteiger partial charge in [-0.25, -0.2) is 4.79 Å². The van der Waals surface area contributed by atoms with Gasteiger partial charge in [0.05, 0.1) is 30.9 Å². The number of carbonyl (C=O) groups excluding carboxylic acids is 2. The molecule has 0 unspecified atom stereocenters. The number of ketones is 1. The summed E-state index contributed by atoms with van der Waals surface area (Å²) in [4.78, 5) is 33.5. The van der Waals surface area contributed by atoms with Gasteiger partial charge in [0.25, 0.3) is 0 Å². The number of ether oxygens (including phenoxy) is 2. The van der Waals surface area contributed by atoms with Crippen molar-refractivity contribution >= 4 is 29.2 Å². The summed E-state index contributed by atoms with van der Waals surface area (Å²) in [5, 5.41) is 4.49. The Hall–Kier alpha value is -2.68. The Morgan fingerprint density at radius 3 is 2.28 bits per heavy atom. The summed E-state index contributed by atoms with van der Waals surface area (Å²) in [7, 11) is 0. The number of hydrogen-bond acceptors (Lipinski definition) is 8. The molecule has 1 aliphatic rings. The van der Waals surface area contributed by atoms with E-state index in [4.69, 9.17) is 14.3 Å². The minimum Gasteiger partial charge on any atom is -0.462 e. The lowest BCUT2D eigenvalue weighted by atomic mass is 9.90. The maximum atomic E-state index is 12.5. The first-order chi connectivity index (χ1) is 17.3. The Balaban J connectivity index is 1.63. The second-order valence-corrected chi connectivity index (χ2v) is 9.94. The minimum atomic E-state index is -0.394. The van der Waals surface area contributed by atoms with Crippen LogP contribution in [0.4, 0.5) is 0 Å². The fraction of sp³-hybridized carbons (Fsp3) is 0.464. The summed E-state index contributed by atoms with van der Waals surface area (Å²) in [6.45, 7) is 9.27. The number of carbonyl (C=O) groups is 2. The van der Waals surface area contributed by atoms with E-state index in [1.165, 1.54) is 4.90 Å². The molecule has 7 nitrogen and oxygen atoms in total. The minimum absolute atomic E-state index is 0.0329. The standard InChI is InChI=1S/C28H36N2O5S/c1-5-34-27(32)23-9-6-21(7-10-23)8-13-24(31)20-35-29-26(22-11-14-25(36-4)15-12-22)28(2,3)30-16-18-33-19-17-30/h6-7,9-12,14-15H,5,8,13,16-20H2,1-4H3/b29-26-. The van der Waals surface area contributed by atoms with E-state index in [9.17, 15) is 9.59 Å². The third kappa shape index (κ3) is 7.66. The average Bonchev–Trinajstić information content (AvgIpc) is 2.91. The van der Waals surface area contributed by atoms with E-state index in [1.807, 2.05) is 18.4 Å². The van der Waals surface area contributed by atoms with Crippen molar-refractivity contribution in [2.45, 2.75) is 44.0 Å². The number of morpholine rings is 1. The highest BCUT2D eigenvalue weighted by Gasteiger charge is 2.35. The molecule has 1 aliphatic heterocycles. The number of aryl methyl sites for hydroxylation is 1. The van der Waals surface area contributed by atoms with E-state index in [0.29, 0.717) is 38.2 Å². The molecule has 1 fully saturated rings. The van der Waals surface area contributed by atoms with Crippen LogP contribution in [0.1, 0.15) is 48.7 Å². The van der Waals surface area contributed by atoms with E-state index in [1.54, 1.807) is 30.8 Å². The number of esters is 1. The molecule has 0 spiro atoms. The first-order valence-electron chi connectivity index (χ1n) is 12.3. The molecule has 0 aliphatic carbocycles. The van der Waals surface area contributed by atoms with Gasteiger partial charge in [-0.05, 0) is 63.3 Å². The molecule has 0 radical (unpaired) electrons. The normalized spacial score (nSPS) is 14.9. The Morgan fingerprint density at radius 1 is 1.03 bits per heavy atom. The fourth-order valence-electron chi connectivity index (χ4n) is 4.09. The van der Waals surface area contributed by atoms with Crippen LogP contribution in [0.2, 0.25) is 0 Å². The smallest absolute Gasteiger partial charge is 0.338 e. The van der Waals surface area contributed by atoms with E-state index in [2.05, 4.69) is 48.2 Å². The molecule has 3 rings (SSSR count). The van der Waals surface area contributed by atoms with Crippen LogP contribution < -0.4 is 0 Å². The van der Waals surface area contributed by atoms with Gasteiger partial charge in [0, 0.05) is 30.0 Å². The molecule has 8 heteroatoms. The molecule has 0 amide bonds. The number of benzene rings is 2. The molecule has 0 N–H and O–H groups in total. The Morgan fingerprint density at radius 2 is 1.67 bits per heavy atom. The molecule has 0 aromatic heterocycles. The molecule has 2 aromatic rings. The lowest BCUT2D eigenvalue weighted by Gasteiger charge is -2.41. The van der Waals surface area contributed by atoms with Gasteiger partial charge in [-0.2, -0.15) is 0 Å². The zero-order valence-corrected chi connectivity index (χ0v) is 22.4. The van der Waals surface area contributed by atoms with E-state index in [0.717, 1.165) is 29.9 Å². The Labute approximate surface area is 218 Å². The van der Waals surface area contributed by atoms with Crippen LogP contribution in [-0.2, 0) is 25.5 Å². The predicted molar refractivity (Wildman–Crippen MR) is 143 cm³/mol. The number of hydrogen-bond donors (Lipinski definition) is 0. The van der Waals surface area contributed by atoms with Crippen molar-refractivity contribution in [3.63, 3.8) is 0 Å². The van der Waals surface area contributed by atoms with Gasteiger partial charge in [0.1, 0.15) is 5.71 Å². The molecule has 1 heterocycles. The van der Waals surface area contributed by atoms with Gasteiger partial charge < -0.3 is 14.3 Å². The first-order valence-corrected chi connectivity index (χ1v) is 13.5. The summed E-state index contributed by atoms with van der Waals surface area (Å²) in [6.07, 6.45) is 2.95. The fourth-order valence-corrected chi connectivity index (χ4v) is 4.49. The van der Waals surface area contributed by atoms with Crippen molar-refractivity contribution in [1.29, 1.82) is 0 Å². The number of rotatable bonds is 12. The van der Waals surface area contributed by atoms with Gasteiger partial charge >= 0.3 is 5.97 Å². The van der Waals surface area contributed by atoms with E-state index < -0.39 is 5.54 Å². The van der Waals surface area contributed by atoms with Gasteiger partial charge in [-0.3, -0.25) is 9.69 Å². The van der Waals surface area contributed by atoms with Gasteiger partial charge in [0.15, 0.2) is 12.4 Å². The Kier molecular flexibility index (Phi) is 10.5. The first kappa shape index (κ1) is 27.9. The second kappa shape index (κ2) is 13.6. The highest BCUT2D eigenvalue weighted by atomic mass is 32.2. The lowest BCUT2D eigenvalue weighted by molar-refractivity contribution is -0.123. The molecule has 36 heavy (non-hydrogen) atoms. The van der Waals surface area contributed by atoms with E-state index in [-0.39, 0.29) is 18.4 Å². The zero-order chi connectivity index (χ0) is 26.0. The highest BCUT2D eigenvalue weighted by molar-refractivity contribution is 7.98. The number of nitrogens with zero attached hydrogens (tertiary/aromatic N) is 2. The second-order valence-electron chi connectivity index (χ2n) is 9.06. The largest absolute Gasteiger partial charge is 0.462 e. The van der Waals surface area contributed by atoms with Crippen molar-refractivity contribution in [3.05, 3.63) is 65.2 Å². The van der Waals surface area contributed by atoms with Crippen LogP contribution in [0.15, 0.2) is 58.6 Å². The van der Waals surface area contributed by atoms with Crippen molar-refractivity contribution in [2.75, 3.05) is 45.8 Å². The maximum absolute atomic E-state index is 12.5. The molecular weight excluding hydrogens is 476 g/mol. The van der Waals surface area contributed by atoms with Crippen molar-refractivity contribution in [3.8, 4) is 0 Å². The summed E-state index contributed by atoms with van der Waals surface area (Å²) in [6, 6.07) is 15.4. The highest BCUT2D eigenvalue weighted by Crippen LogP contribution is 2.25. The topological polar surface area (TPSA) is 77.4 Å². The van der Waals surface area contributed by atoms with Crippen LogP contribution in [0.3, 0.4) is 0 Å². The third-order valence-corrected chi connectivity index (χ3v) is 7.03. The number of Topliss-reactive ketones (excluding diaryl/α,β-unsaturated/α-hetero) is 1. The van der Waals surface area contributed by atoms with Crippen molar-refractivity contribution < 1.29 is 23.9 Å². The van der Waals surface area contributed by atoms with Crippen LogP contribution in [0.5, 0.6) is 0 Å².